The average molecular weight is 555 g/mol. The highest BCUT2D eigenvalue weighted by Gasteiger charge is 2.36. The number of furan rings is 1. The van der Waals surface area contributed by atoms with Crippen LogP contribution in [0, 0.1) is 6.92 Å². The van der Waals surface area contributed by atoms with Crippen molar-refractivity contribution in [1.82, 2.24) is 10.5 Å². The number of carbonyl (C=O) groups excluding carboxylic acids is 3. The molecule has 206 valence electrons. The summed E-state index contributed by atoms with van der Waals surface area (Å²) in [6.45, 7) is 1.80. The van der Waals surface area contributed by atoms with Gasteiger partial charge in [-0.1, -0.05) is 24.4 Å². The highest BCUT2D eigenvalue weighted by atomic mass is 32.2. The molecule has 0 bridgehead atoms. The first-order valence-electron chi connectivity index (χ1n) is 12.8. The molecular weight excluding hydrogens is 524 g/mol. The fourth-order valence-corrected chi connectivity index (χ4v) is 5.40. The van der Waals surface area contributed by atoms with E-state index in [0.717, 1.165) is 43.9 Å². The van der Waals surface area contributed by atoms with Crippen molar-refractivity contribution >= 4 is 41.0 Å². The Balaban J connectivity index is 1.36. The first-order valence-corrected chi connectivity index (χ1v) is 14.0. The van der Waals surface area contributed by atoms with E-state index in [9.17, 15) is 14.4 Å². The number of nitrogens with one attached hydrogen (secondary N) is 2. The van der Waals surface area contributed by atoms with E-state index in [-0.39, 0.29) is 42.1 Å². The molecule has 2 aromatic heterocycles. The van der Waals surface area contributed by atoms with Crippen molar-refractivity contribution in [3.8, 4) is 11.5 Å². The normalized spacial score (nSPS) is 15.5. The molecule has 1 aromatic carbocycles. The van der Waals surface area contributed by atoms with Crippen LogP contribution in [0.3, 0.4) is 0 Å². The van der Waals surface area contributed by atoms with Crippen LogP contribution in [0.25, 0.3) is 0 Å². The zero-order valence-corrected chi connectivity index (χ0v) is 22.3. The van der Waals surface area contributed by atoms with Crippen molar-refractivity contribution in [1.29, 1.82) is 0 Å². The molecule has 0 unspecified atom stereocenters. The number of rotatable bonds is 10. The molecule has 11 nitrogen and oxygen atoms in total. The fraction of sp³-hybridized carbons (Fsp3) is 0.407. The number of ether oxygens (including phenoxy) is 2. The molecule has 5 rings (SSSR count). The lowest BCUT2D eigenvalue weighted by Crippen LogP contribution is -2.47. The Labute approximate surface area is 229 Å². The molecular formula is C27H30N4O7S. The van der Waals surface area contributed by atoms with Crippen molar-refractivity contribution in [2.75, 3.05) is 28.5 Å². The van der Waals surface area contributed by atoms with E-state index in [4.69, 9.17) is 18.4 Å². The molecule has 1 aliphatic heterocycles. The van der Waals surface area contributed by atoms with Crippen LogP contribution in [-0.2, 0) is 14.4 Å². The van der Waals surface area contributed by atoms with E-state index < -0.39 is 6.04 Å². The summed E-state index contributed by atoms with van der Waals surface area (Å²) >= 11 is 1.13. The molecule has 0 saturated heterocycles. The Morgan fingerprint density at radius 1 is 1.08 bits per heavy atom. The van der Waals surface area contributed by atoms with Crippen LogP contribution >= 0.6 is 11.8 Å². The molecule has 39 heavy (non-hydrogen) atoms. The Bertz CT molecular complexity index is 1300. The van der Waals surface area contributed by atoms with Crippen LogP contribution in [0.4, 0.5) is 11.5 Å². The minimum atomic E-state index is -1.05. The summed E-state index contributed by atoms with van der Waals surface area (Å²) in [5, 5.41) is 9.51. The maximum atomic E-state index is 13.8. The molecule has 3 aromatic rings. The third-order valence-electron chi connectivity index (χ3n) is 6.53. The molecule has 2 aliphatic rings. The maximum Gasteiger partial charge on any atom is 0.251 e. The maximum absolute atomic E-state index is 13.8. The minimum absolute atomic E-state index is 0.00627. The van der Waals surface area contributed by atoms with Gasteiger partial charge >= 0.3 is 0 Å². The van der Waals surface area contributed by atoms with Crippen LogP contribution in [-0.4, -0.2) is 47.2 Å². The zero-order chi connectivity index (χ0) is 27.2. The molecule has 1 saturated carbocycles. The Morgan fingerprint density at radius 3 is 2.64 bits per heavy atom. The summed E-state index contributed by atoms with van der Waals surface area (Å²) in [5.41, 5.74) is 0.451. The number of fused-ring (bicyclic) bond motifs is 1. The van der Waals surface area contributed by atoms with Gasteiger partial charge in [-0.15, -0.1) is 11.8 Å². The topological polar surface area (TPSA) is 136 Å². The second kappa shape index (κ2) is 12.3. The third-order valence-corrected chi connectivity index (χ3v) is 7.45. The summed E-state index contributed by atoms with van der Waals surface area (Å²) in [7, 11) is 0. The first-order chi connectivity index (χ1) is 19.0. The van der Waals surface area contributed by atoms with Gasteiger partial charge in [0.15, 0.2) is 23.4 Å². The highest BCUT2D eigenvalue weighted by Crippen LogP contribution is 2.38. The van der Waals surface area contributed by atoms with Gasteiger partial charge in [0.05, 0.1) is 17.8 Å². The lowest BCUT2D eigenvalue weighted by atomic mass is 9.95. The van der Waals surface area contributed by atoms with Crippen molar-refractivity contribution in [3.63, 3.8) is 0 Å². The smallest absolute Gasteiger partial charge is 0.251 e. The monoisotopic (exact) mass is 554 g/mol. The number of aryl methyl sites for hydroxylation is 1. The van der Waals surface area contributed by atoms with Crippen LogP contribution in [0.2, 0.25) is 0 Å². The summed E-state index contributed by atoms with van der Waals surface area (Å²) < 4.78 is 21.6. The van der Waals surface area contributed by atoms with Crippen LogP contribution in [0.1, 0.15) is 49.7 Å². The van der Waals surface area contributed by atoms with E-state index in [1.165, 1.54) is 11.2 Å². The number of carbonyl (C=O) groups is 3. The lowest BCUT2D eigenvalue weighted by Gasteiger charge is -2.32. The van der Waals surface area contributed by atoms with Crippen molar-refractivity contribution in [2.24, 2.45) is 0 Å². The lowest BCUT2D eigenvalue weighted by molar-refractivity contribution is -0.127. The van der Waals surface area contributed by atoms with E-state index in [2.05, 4.69) is 15.8 Å². The molecule has 2 N–H and O–H groups in total. The number of thioether (sulfide) groups is 1. The Kier molecular flexibility index (Phi) is 8.40. The van der Waals surface area contributed by atoms with Gasteiger partial charge in [0.1, 0.15) is 11.5 Å². The first kappa shape index (κ1) is 26.7. The number of benzene rings is 1. The predicted molar refractivity (Wildman–Crippen MR) is 144 cm³/mol. The fourth-order valence-electron chi connectivity index (χ4n) is 4.72. The van der Waals surface area contributed by atoms with Gasteiger partial charge < -0.3 is 29.0 Å². The summed E-state index contributed by atoms with van der Waals surface area (Å²) in [6, 6.07) is 9.04. The second-order valence-corrected chi connectivity index (χ2v) is 10.4. The molecule has 3 heterocycles. The van der Waals surface area contributed by atoms with Crippen molar-refractivity contribution in [3.05, 3.63) is 54.2 Å². The molecule has 0 spiro atoms. The van der Waals surface area contributed by atoms with Gasteiger partial charge in [0.25, 0.3) is 5.91 Å². The van der Waals surface area contributed by atoms with Gasteiger partial charge in [-0.2, -0.15) is 0 Å². The zero-order valence-electron chi connectivity index (χ0n) is 21.5. The van der Waals surface area contributed by atoms with Crippen LogP contribution in [0.15, 0.2) is 51.6 Å². The molecule has 3 amide bonds. The van der Waals surface area contributed by atoms with Crippen molar-refractivity contribution < 1.29 is 32.8 Å². The predicted octanol–water partition coefficient (Wildman–Crippen LogP) is 4.20. The molecule has 0 radical (unpaired) electrons. The summed E-state index contributed by atoms with van der Waals surface area (Å²) in [4.78, 5) is 41.3. The SMILES string of the molecule is Cc1cc(NC(=O)CSCC(=O)N(c2ccc3c(c2)OCO3)[C@@H](C(=O)NC2CCCCC2)c2ccco2)no1. The third kappa shape index (κ3) is 6.56. The number of amides is 3. The molecule has 1 fully saturated rings. The van der Waals surface area contributed by atoms with Gasteiger partial charge in [-0.05, 0) is 44.0 Å². The average Bonchev–Trinajstić information content (AvgIpc) is 3.70. The van der Waals surface area contributed by atoms with Gasteiger partial charge in [-0.3, -0.25) is 19.3 Å². The Morgan fingerprint density at radius 2 is 1.90 bits per heavy atom. The summed E-state index contributed by atoms with van der Waals surface area (Å²) in [5.74, 6) is 1.17. The van der Waals surface area contributed by atoms with Crippen LogP contribution < -0.4 is 25.0 Å². The minimum Gasteiger partial charge on any atom is -0.467 e. The second-order valence-electron chi connectivity index (χ2n) is 9.43. The number of nitrogens with zero attached hydrogens (tertiary/aromatic N) is 2. The molecule has 12 heteroatoms. The number of hydrogen-bond acceptors (Lipinski definition) is 9. The van der Waals surface area contributed by atoms with E-state index in [1.54, 1.807) is 43.3 Å². The van der Waals surface area contributed by atoms with E-state index in [1.807, 2.05) is 0 Å². The van der Waals surface area contributed by atoms with E-state index >= 15 is 0 Å². The number of anilines is 2. The highest BCUT2D eigenvalue weighted by molar-refractivity contribution is 8.00. The van der Waals surface area contributed by atoms with Gasteiger partial charge in [0.2, 0.25) is 18.6 Å². The quantitative estimate of drug-likeness (QED) is 0.378. The van der Waals surface area contributed by atoms with Crippen LogP contribution in [0.5, 0.6) is 11.5 Å². The van der Waals surface area contributed by atoms with Gasteiger partial charge in [0, 0.05) is 23.9 Å². The van der Waals surface area contributed by atoms with E-state index in [0.29, 0.717) is 34.5 Å². The number of hydrogen-bond donors (Lipinski definition) is 2. The largest absolute Gasteiger partial charge is 0.467 e. The Hall–Kier alpha value is -3.93. The summed E-state index contributed by atoms with van der Waals surface area (Å²) in [6.07, 6.45) is 6.51. The molecule has 1 aliphatic carbocycles. The standard InChI is InChI=1S/C27H30N4O7S/c1-17-12-23(30-38-17)29-24(32)14-39-15-25(33)31(19-9-10-20-22(13-19)37-16-36-20)26(21-8-5-11-35-21)27(34)28-18-6-3-2-4-7-18/h5,8-13,18,26H,2-4,6-7,14-16H2,1H3,(H,28,34)(H,29,30,32)/t26-/m1/s1. The van der Waals surface area contributed by atoms with Crippen molar-refractivity contribution in [2.45, 2.75) is 51.1 Å². The number of aromatic nitrogens is 1. The molecule has 1 atom stereocenters. The van der Waals surface area contributed by atoms with Gasteiger partial charge in [-0.25, -0.2) is 0 Å².